The fourth-order valence-corrected chi connectivity index (χ4v) is 3.27. The Morgan fingerprint density at radius 2 is 1.70 bits per heavy atom. The van der Waals surface area contributed by atoms with Crippen LogP contribution in [0.5, 0.6) is 5.75 Å². The van der Waals surface area contributed by atoms with Crippen LogP contribution >= 0.6 is 0 Å². The number of hydrogen-bond donors (Lipinski definition) is 1. The second-order valence-corrected chi connectivity index (χ2v) is 7.10. The summed E-state index contributed by atoms with van der Waals surface area (Å²) in [5.74, 6) is -0.501. The molecule has 1 heterocycles. The number of benzene rings is 2. The third kappa shape index (κ3) is 5.20. The summed E-state index contributed by atoms with van der Waals surface area (Å²) in [4.78, 5) is 3.64. The number of ether oxygens (including phenoxy) is 1. The van der Waals surface area contributed by atoms with Crippen molar-refractivity contribution in [1.29, 1.82) is 0 Å². The number of aromatic nitrogens is 3. The van der Waals surface area contributed by atoms with Gasteiger partial charge < -0.3 is 4.74 Å². The summed E-state index contributed by atoms with van der Waals surface area (Å²) in [6.45, 7) is 0.480. The van der Waals surface area contributed by atoms with Crippen molar-refractivity contribution in [3.05, 3.63) is 66.7 Å². The van der Waals surface area contributed by atoms with Crippen molar-refractivity contribution in [2.45, 2.75) is 17.8 Å². The third-order valence-electron chi connectivity index (χ3n) is 3.38. The van der Waals surface area contributed by atoms with Crippen molar-refractivity contribution < 1.29 is 26.3 Å². The minimum absolute atomic E-state index is 0.191. The summed E-state index contributed by atoms with van der Waals surface area (Å²) in [6, 6.07) is 10.5. The number of halogens is 3. The van der Waals surface area contributed by atoms with E-state index in [9.17, 15) is 21.6 Å². The fourth-order valence-electron chi connectivity index (χ4n) is 2.21. The number of sulfonamides is 1. The van der Waals surface area contributed by atoms with Gasteiger partial charge in [0.15, 0.2) is 0 Å². The summed E-state index contributed by atoms with van der Waals surface area (Å²) in [7, 11) is -3.95. The predicted molar refractivity (Wildman–Crippen MR) is 89.5 cm³/mol. The van der Waals surface area contributed by atoms with E-state index in [2.05, 4.69) is 19.5 Å². The van der Waals surface area contributed by atoms with Gasteiger partial charge in [0.2, 0.25) is 0 Å². The molecule has 7 nitrogen and oxygen atoms in total. The van der Waals surface area contributed by atoms with Crippen LogP contribution in [-0.2, 0) is 16.6 Å². The maximum Gasteiger partial charge on any atom is 0.573 e. The van der Waals surface area contributed by atoms with Gasteiger partial charge in [-0.05, 0) is 42.0 Å². The number of nitrogens with zero attached hydrogens (tertiary/aromatic N) is 3. The lowest BCUT2D eigenvalue weighted by Crippen LogP contribution is -2.17. The highest BCUT2D eigenvalue weighted by molar-refractivity contribution is 7.92. The largest absolute Gasteiger partial charge is 0.573 e. The van der Waals surface area contributed by atoms with Gasteiger partial charge in [-0.2, -0.15) is 5.10 Å². The zero-order valence-corrected chi connectivity index (χ0v) is 14.4. The van der Waals surface area contributed by atoms with Crippen LogP contribution in [0.4, 0.5) is 18.9 Å². The van der Waals surface area contributed by atoms with Gasteiger partial charge in [0, 0.05) is 5.69 Å². The smallest absolute Gasteiger partial charge is 0.406 e. The Bertz CT molecular complexity index is 987. The molecular formula is C16H13F3N4O3S. The van der Waals surface area contributed by atoms with Crippen LogP contribution in [0.1, 0.15) is 5.56 Å². The maximum atomic E-state index is 12.3. The number of nitrogens with one attached hydrogen (secondary N) is 1. The van der Waals surface area contributed by atoms with Gasteiger partial charge in [0.1, 0.15) is 18.4 Å². The first-order chi connectivity index (χ1) is 12.7. The van der Waals surface area contributed by atoms with Gasteiger partial charge >= 0.3 is 6.36 Å². The molecule has 0 aliphatic carbocycles. The van der Waals surface area contributed by atoms with Crippen LogP contribution in [0.3, 0.4) is 0 Å². The molecule has 27 heavy (non-hydrogen) atoms. The normalized spacial score (nSPS) is 12.0. The summed E-state index contributed by atoms with van der Waals surface area (Å²) in [5.41, 5.74) is 1.20. The molecule has 0 saturated carbocycles. The minimum Gasteiger partial charge on any atom is -0.406 e. The second kappa shape index (κ2) is 7.27. The Morgan fingerprint density at radius 1 is 1.04 bits per heavy atom. The standard InChI is InChI=1S/C16H13F3N4O3S/c17-16(18,19)26-14-5-7-15(8-6-14)27(24,25)22-13-3-1-12(2-4-13)9-23-11-20-10-21-23/h1-8,10-11,22H,9H2. The molecule has 0 aliphatic heterocycles. The van der Waals surface area contributed by atoms with E-state index in [1.54, 1.807) is 35.3 Å². The molecule has 3 rings (SSSR count). The van der Waals surface area contributed by atoms with Crippen LogP contribution in [0.25, 0.3) is 0 Å². The Kier molecular flexibility index (Phi) is 5.04. The molecule has 0 bridgehead atoms. The molecule has 0 fully saturated rings. The van der Waals surface area contributed by atoms with Gasteiger partial charge in [-0.3, -0.25) is 4.72 Å². The first-order valence-electron chi connectivity index (χ1n) is 7.51. The number of hydrogen-bond acceptors (Lipinski definition) is 5. The summed E-state index contributed by atoms with van der Waals surface area (Å²) in [6.07, 6.45) is -1.87. The van der Waals surface area contributed by atoms with E-state index in [1.807, 2.05) is 0 Å². The molecule has 0 atom stereocenters. The van der Waals surface area contributed by atoms with Crippen LogP contribution in [-0.4, -0.2) is 29.5 Å². The maximum absolute atomic E-state index is 12.3. The Hall–Kier alpha value is -3.08. The van der Waals surface area contributed by atoms with E-state index >= 15 is 0 Å². The molecule has 142 valence electrons. The third-order valence-corrected chi connectivity index (χ3v) is 4.78. The van der Waals surface area contributed by atoms with Crippen molar-refractivity contribution in [1.82, 2.24) is 14.8 Å². The SMILES string of the molecule is O=S(=O)(Nc1ccc(Cn2cncn2)cc1)c1ccc(OC(F)(F)F)cc1. The first kappa shape index (κ1) is 18.7. The minimum atomic E-state index is -4.84. The molecule has 0 aliphatic rings. The van der Waals surface area contributed by atoms with Crippen molar-refractivity contribution >= 4 is 15.7 Å². The molecule has 0 saturated heterocycles. The molecular weight excluding hydrogens is 385 g/mol. The van der Waals surface area contributed by atoms with Gasteiger partial charge in [-0.1, -0.05) is 12.1 Å². The van der Waals surface area contributed by atoms with Gasteiger partial charge in [0.25, 0.3) is 10.0 Å². The van der Waals surface area contributed by atoms with E-state index in [1.165, 1.54) is 6.33 Å². The van der Waals surface area contributed by atoms with E-state index in [0.717, 1.165) is 29.8 Å². The molecule has 1 N–H and O–H groups in total. The first-order valence-corrected chi connectivity index (χ1v) is 9.00. The Morgan fingerprint density at radius 3 is 2.26 bits per heavy atom. The van der Waals surface area contributed by atoms with E-state index in [4.69, 9.17) is 0 Å². The molecule has 0 spiro atoms. The lowest BCUT2D eigenvalue weighted by molar-refractivity contribution is -0.274. The van der Waals surface area contributed by atoms with Gasteiger partial charge in [0.05, 0.1) is 11.4 Å². The van der Waals surface area contributed by atoms with E-state index < -0.39 is 22.1 Å². The average Bonchev–Trinajstić information content (AvgIpc) is 3.08. The molecule has 0 unspecified atom stereocenters. The number of anilines is 1. The molecule has 2 aromatic carbocycles. The van der Waals surface area contributed by atoms with E-state index in [-0.39, 0.29) is 4.90 Å². The highest BCUT2D eigenvalue weighted by Gasteiger charge is 2.31. The number of rotatable bonds is 6. The average molecular weight is 398 g/mol. The molecule has 1 aromatic heterocycles. The predicted octanol–water partition coefficient (Wildman–Crippen LogP) is 3.03. The highest BCUT2D eigenvalue weighted by atomic mass is 32.2. The van der Waals surface area contributed by atoms with E-state index in [0.29, 0.717) is 12.2 Å². The molecule has 3 aromatic rings. The van der Waals surface area contributed by atoms with Crippen molar-refractivity contribution in [3.63, 3.8) is 0 Å². The monoisotopic (exact) mass is 398 g/mol. The summed E-state index contributed by atoms with van der Waals surface area (Å²) >= 11 is 0. The summed E-state index contributed by atoms with van der Waals surface area (Å²) in [5, 5.41) is 3.98. The van der Waals surface area contributed by atoms with Crippen LogP contribution in [0.15, 0.2) is 66.1 Å². The highest BCUT2D eigenvalue weighted by Crippen LogP contribution is 2.24. The van der Waals surface area contributed by atoms with Crippen molar-refractivity contribution in [2.24, 2.45) is 0 Å². The molecule has 0 amide bonds. The van der Waals surface area contributed by atoms with Gasteiger partial charge in [-0.25, -0.2) is 18.1 Å². The fraction of sp³-hybridized carbons (Fsp3) is 0.125. The molecule has 11 heteroatoms. The van der Waals surface area contributed by atoms with Crippen LogP contribution < -0.4 is 9.46 Å². The molecule has 0 radical (unpaired) electrons. The second-order valence-electron chi connectivity index (χ2n) is 5.41. The Labute approximate surface area is 152 Å². The van der Waals surface area contributed by atoms with Crippen molar-refractivity contribution in [2.75, 3.05) is 4.72 Å². The topological polar surface area (TPSA) is 86.1 Å². The van der Waals surface area contributed by atoms with Crippen LogP contribution in [0.2, 0.25) is 0 Å². The Balaban J connectivity index is 1.68. The van der Waals surface area contributed by atoms with Crippen LogP contribution in [0, 0.1) is 0 Å². The zero-order valence-electron chi connectivity index (χ0n) is 13.6. The van der Waals surface area contributed by atoms with Gasteiger partial charge in [-0.15, -0.1) is 13.2 Å². The number of alkyl halides is 3. The van der Waals surface area contributed by atoms with Crippen molar-refractivity contribution in [3.8, 4) is 5.75 Å². The lowest BCUT2D eigenvalue weighted by atomic mass is 10.2. The quantitative estimate of drug-likeness (QED) is 0.690. The summed E-state index contributed by atoms with van der Waals surface area (Å²) < 4.78 is 68.8. The lowest BCUT2D eigenvalue weighted by Gasteiger charge is -2.11. The zero-order chi connectivity index (χ0) is 19.5.